The van der Waals surface area contributed by atoms with Crippen molar-refractivity contribution in [1.29, 1.82) is 0 Å². The summed E-state index contributed by atoms with van der Waals surface area (Å²) >= 11 is 1.31. The summed E-state index contributed by atoms with van der Waals surface area (Å²) in [7, 11) is 1.87. The van der Waals surface area contributed by atoms with E-state index in [-0.39, 0.29) is 24.0 Å². The monoisotopic (exact) mass is 308 g/mol. The number of nitrogens with one attached hydrogen (secondary N) is 1. The van der Waals surface area contributed by atoms with Gasteiger partial charge in [-0.2, -0.15) is 0 Å². The van der Waals surface area contributed by atoms with Gasteiger partial charge in [0.2, 0.25) is 5.91 Å². The molecule has 1 N–H and O–H groups in total. The number of aryl methyl sites for hydroxylation is 1. The Morgan fingerprint density at radius 3 is 2.81 bits per heavy atom. The van der Waals surface area contributed by atoms with Gasteiger partial charge in [-0.3, -0.25) is 4.79 Å². The van der Waals surface area contributed by atoms with Crippen molar-refractivity contribution in [3.8, 4) is 0 Å². The Morgan fingerprint density at radius 2 is 2.14 bits per heavy atom. The molecule has 0 aliphatic heterocycles. The van der Waals surface area contributed by atoms with E-state index in [9.17, 15) is 9.18 Å². The standard InChI is InChI=1S/C14H17FN4OS/c1-3-12-17-18-14(19(12)2)21-9-13(20)16-8-10-6-4-5-7-11(10)15/h4-7H,3,8-9H2,1-2H3,(H,16,20). The highest BCUT2D eigenvalue weighted by Crippen LogP contribution is 2.15. The Morgan fingerprint density at radius 1 is 1.38 bits per heavy atom. The van der Waals surface area contributed by atoms with Gasteiger partial charge < -0.3 is 9.88 Å². The van der Waals surface area contributed by atoms with E-state index in [1.807, 2.05) is 18.5 Å². The molecule has 0 atom stereocenters. The van der Waals surface area contributed by atoms with Gasteiger partial charge in [-0.25, -0.2) is 4.39 Å². The Bertz CT molecular complexity index is 629. The SMILES string of the molecule is CCc1nnc(SCC(=O)NCc2ccccc2F)n1C. The van der Waals surface area contributed by atoms with Gasteiger partial charge in [-0.1, -0.05) is 36.9 Å². The maximum absolute atomic E-state index is 13.4. The predicted molar refractivity (Wildman–Crippen MR) is 79.4 cm³/mol. The molecular weight excluding hydrogens is 291 g/mol. The zero-order valence-electron chi connectivity index (χ0n) is 12.0. The van der Waals surface area contributed by atoms with Crippen molar-refractivity contribution in [2.75, 3.05) is 5.75 Å². The lowest BCUT2D eigenvalue weighted by molar-refractivity contribution is -0.118. The first-order valence-electron chi connectivity index (χ1n) is 6.63. The summed E-state index contributed by atoms with van der Waals surface area (Å²) in [6, 6.07) is 6.39. The number of aromatic nitrogens is 3. The van der Waals surface area contributed by atoms with Crippen LogP contribution in [0.1, 0.15) is 18.3 Å². The van der Waals surface area contributed by atoms with Gasteiger partial charge in [0, 0.05) is 25.6 Å². The minimum atomic E-state index is -0.314. The van der Waals surface area contributed by atoms with Crippen LogP contribution in [0.15, 0.2) is 29.4 Å². The number of carbonyl (C=O) groups is 1. The molecule has 0 spiro atoms. The molecular formula is C14H17FN4OS. The van der Waals surface area contributed by atoms with Gasteiger partial charge in [-0.05, 0) is 6.07 Å². The van der Waals surface area contributed by atoms with Crippen molar-refractivity contribution in [2.45, 2.75) is 25.0 Å². The molecule has 1 aromatic carbocycles. The molecule has 0 aliphatic carbocycles. The molecule has 0 unspecified atom stereocenters. The highest BCUT2D eigenvalue weighted by Gasteiger charge is 2.10. The van der Waals surface area contributed by atoms with E-state index in [4.69, 9.17) is 0 Å². The molecule has 0 radical (unpaired) electrons. The molecule has 0 fully saturated rings. The summed E-state index contributed by atoms with van der Waals surface area (Å²) in [4.78, 5) is 11.8. The molecule has 0 aliphatic rings. The molecule has 21 heavy (non-hydrogen) atoms. The molecule has 0 saturated heterocycles. The quantitative estimate of drug-likeness (QED) is 0.828. The number of halogens is 1. The van der Waals surface area contributed by atoms with Crippen molar-refractivity contribution >= 4 is 17.7 Å². The molecule has 5 nitrogen and oxygen atoms in total. The van der Waals surface area contributed by atoms with Gasteiger partial charge in [-0.15, -0.1) is 10.2 Å². The van der Waals surface area contributed by atoms with Crippen LogP contribution in [-0.4, -0.2) is 26.4 Å². The van der Waals surface area contributed by atoms with Gasteiger partial charge in [0.1, 0.15) is 11.6 Å². The third kappa shape index (κ3) is 4.04. The first-order valence-corrected chi connectivity index (χ1v) is 7.61. The largest absolute Gasteiger partial charge is 0.351 e. The number of benzene rings is 1. The average Bonchev–Trinajstić information content (AvgIpc) is 2.84. The van der Waals surface area contributed by atoms with Crippen LogP contribution in [0.25, 0.3) is 0 Å². The summed E-state index contributed by atoms with van der Waals surface area (Å²) in [6.45, 7) is 2.19. The van der Waals surface area contributed by atoms with E-state index >= 15 is 0 Å². The van der Waals surface area contributed by atoms with E-state index in [1.54, 1.807) is 18.2 Å². The summed E-state index contributed by atoms with van der Waals surface area (Å²) < 4.78 is 15.3. The highest BCUT2D eigenvalue weighted by atomic mass is 32.2. The Balaban J connectivity index is 1.82. The van der Waals surface area contributed by atoms with Crippen LogP contribution in [-0.2, 0) is 24.8 Å². The molecule has 0 saturated carbocycles. The van der Waals surface area contributed by atoms with Gasteiger partial charge in [0.05, 0.1) is 5.75 Å². The molecule has 112 valence electrons. The molecule has 2 rings (SSSR count). The lowest BCUT2D eigenvalue weighted by Crippen LogP contribution is -2.25. The molecule has 1 heterocycles. The number of rotatable bonds is 6. The van der Waals surface area contributed by atoms with Crippen LogP contribution in [0.3, 0.4) is 0 Å². The second kappa shape index (κ2) is 7.21. The minimum Gasteiger partial charge on any atom is -0.351 e. The van der Waals surface area contributed by atoms with Crippen LogP contribution in [0.2, 0.25) is 0 Å². The van der Waals surface area contributed by atoms with E-state index < -0.39 is 0 Å². The summed E-state index contributed by atoms with van der Waals surface area (Å²) in [5.74, 6) is 0.629. The maximum Gasteiger partial charge on any atom is 0.230 e. The van der Waals surface area contributed by atoms with Crippen LogP contribution in [0.5, 0.6) is 0 Å². The van der Waals surface area contributed by atoms with E-state index in [0.717, 1.165) is 12.2 Å². The number of hydrogen-bond acceptors (Lipinski definition) is 4. The third-order valence-electron chi connectivity index (χ3n) is 3.01. The topological polar surface area (TPSA) is 59.8 Å². The van der Waals surface area contributed by atoms with Gasteiger partial charge in [0.15, 0.2) is 5.16 Å². The number of hydrogen-bond donors (Lipinski definition) is 1. The predicted octanol–water partition coefficient (Wildman–Crippen LogP) is 1.93. The summed E-state index contributed by atoms with van der Waals surface area (Å²) in [5, 5.41) is 11.4. The van der Waals surface area contributed by atoms with Crippen LogP contribution < -0.4 is 5.32 Å². The Hall–Kier alpha value is -1.89. The summed E-state index contributed by atoms with van der Waals surface area (Å²) in [6.07, 6.45) is 0.795. The molecule has 2 aromatic rings. The fourth-order valence-corrected chi connectivity index (χ4v) is 2.56. The second-order valence-corrected chi connectivity index (χ2v) is 5.41. The molecule has 1 aromatic heterocycles. The zero-order chi connectivity index (χ0) is 15.2. The number of carbonyl (C=O) groups excluding carboxylic acids is 1. The maximum atomic E-state index is 13.4. The fraction of sp³-hybridized carbons (Fsp3) is 0.357. The molecule has 1 amide bonds. The second-order valence-electron chi connectivity index (χ2n) is 4.47. The van der Waals surface area contributed by atoms with E-state index in [1.165, 1.54) is 17.8 Å². The average molecular weight is 308 g/mol. The van der Waals surface area contributed by atoms with E-state index in [0.29, 0.717) is 10.7 Å². The normalized spacial score (nSPS) is 10.6. The molecule has 0 bridgehead atoms. The first kappa shape index (κ1) is 15.5. The van der Waals surface area contributed by atoms with Crippen molar-refractivity contribution in [3.63, 3.8) is 0 Å². The third-order valence-corrected chi connectivity index (χ3v) is 4.03. The summed E-state index contributed by atoms with van der Waals surface area (Å²) in [5.41, 5.74) is 0.475. The van der Waals surface area contributed by atoms with Crippen LogP contribution >= 0.6 is 11.8 Å². The zero-order valence-corrected chi connectivity index (χ0v) is 12.8. The Labute approximate surface area is 127 Å². The fourth-order valence-electron chi connectivity index (χ4n) is 1.80. The molecule has 7 heteroatoms. The number of amides is 1. The van der Waals surface area contributed by atoms with Crippen molar-refractivity contribution in [2.24, 2.45) is 7.05 Å². The lowest BCUT2D eigenvalue weighted by Gasteiger charge is -2.06. The number of nitrogens with zero attached hydrogens (tertiary/aromatic N) is 3. The van der Waals surface area contributed by atoms with Crippen molar-refractivity contribution in [3.05, 3.63) is 41.5 Å². The highest BCUT2D eigenvalue weighted by molar-refractivity contribution is 7.99. The van der Waals surface area contributed by atoms with Gasteiger partial charge >= 0.3 is 0 Å². The minimum absolute atomic E-state index is 0.163. The first-order chi connectivity index (χ1) is 10.1. The smallest absolute Gasteiger partial charge is 0.230 e. The van der Waals surface area contributed by atoms with Crippen molar-refractivity contribution < 1.29 is 9.18 Å². The van der Waals surface area contributed by atoms with Crippen LogP contribution in [0, 0.1) is 5.82 Å². The van der Waals surface area contributed by atoms with Crippen molar-refractivity contribution in [1.82, 2.24) is 20.1 Å². The van der Waals surface area contributed by atoms with E-state index in [2.05, 4.69) is 15.5 Å². The van der Waals surface area contributed by atoms with Gasteiger partial charge in [0.25, 0.3) is 0 Å². The van der Waals surface area contributed by atoms with Crippen LogP contribution in [0.4, 0.5) is 4.39 Å². The lowest BCUT2D eigenvalue weighted by atomic mass is 10.2. The Kier molecular flexibility index (Phi) is 5.32. The number of thioether (sulfide) groups is 1.